The molecule has 3 nitrogen and oxygen atoms in total. The highest BCUT2D eigenvalue weighted by atomic mass is 19.4. The molecule has 0 saturated heterocycles. The molecule has 2 bridgehead atoms. The first-order valence-corrected chi connectivity index (χ1v) is 9.98. The van der Waals surface area contributed by atoms with Crippen molar-refractivity contribution >= 4 is 5.97 Å². The topological polar surface area (TPSA) is 46.5 Å². The Bertz CT molecular complexity index is 572. The zero-order valence-corrected chi connectivity index (χ0v) is 16.4. The fourth-order valence-electron chi connectivity index (χ4n) is 4.81. The Morgan fingerprint density at radius 2 is 1.59 bits per heavy atom. The number of halogens is 6. The van der Waals surface area contributed by atoms with E-state index in [-0.39, 0.29) is 17.9 Å². The summed E-state index contributed by atoms with van der Waals surface area (Å²) in [6, 6.07) is 0. The van der Waals surface area contributed by atoms with Crippen LogP contribution in [0.15, 0.2) is 12.2 Å². The quantitative estimate of drug-likeness (QED) is 0.319. The monoisotopic (exact) mass is 430 g/mol. The van der Waals surface area contributed by atoms with E-state index < -0.39 is 36.4 Å². The molecule has 0 heterocycles. The average molecular weight is 430 g/mol. The van der Waals surface area contributed by atoms with Crippen LogP contribution < -0.4 is 0 Å². The van der Waals surface area contributed by atoms with Crippen molar-refractivity contribution in [2.45, 2.75) is 88.8 Å². The van der Waals surface area contributed by atoms with Gasteiger partial charge in [0.2, 0.25) is 0 Å². The molecule has 2 saturated carbocycles. The van der Waals surface area contributed by atoms with Gasteiger partial charge in [0, 0.05) is 5.57 Å². The van der Waals surface area contributed by atoms with Gasteiger partial charge in [0.25, 0.3) is 5.60 Å². The van der Waals surface area contributed by atoms with Gasteiger partial charge in [-0.15, -0.1) is 0 Å². The number of hydrogen-bond acceptors (Lipinski definition) is 3. The first-order valence-electron chi connectivity index (χ1n) is 9.98. The van der Waals surface area contributed by atoms with Crippen molar-refractivity contribution in [1.29, 1.82) is 0 Å². The van der Waals surface area contributed by atoms with Gasteiger partial charge < -0.3 is 9.84 Å². The molecule has 2 rings (SSSR count). The zero-order chi connectivity index (χ0) is 22.0. The van der Waals surface area contributed by atoms with Crippen molar-refractivity contribution in [3.8, 4) is 0 Å². The van der Waals surface area contributed by atoms with E-state index in [9.17, 15) is 36.2 Å². The normalized spacial score (nSPS) is 26.7. The maximum Gasteiger partial charge on any atom is 0.430 e. The summed E-state index contributed by atoms with van der Waals surface area (Å²) >= 11 is 0. The molecule has 3 unspecified atom stereocenters. The molecule has 2 aliphatic carbocycles. The highest BCUT2D eigenvalue weighted by Gasteiger charge is 2.75. The Balaban J connectivity index is 2.11. The van der Waals surface area contributed by atoms with Gasteiger partial charge in [-0.3, -0.25) is 0 Å². The molecule has 9 heteroatoms. The molecule has 3 atom stereocenters. The van der Waals surface area contributed by atoms with Crippen molar-refractivity contribution < 1.29 is 41.0 Å². The van der Waals surface area contributed by atoms with E-state index in [1.807, 2.05) is 0 Å². The van der Waals surface area contributed by atoms with E-state index in [1.165, 1.54) is 6.42 Å². The first-order chi connectivity index (χ1) is 13.3. The van der Waals surface area contributed by atoms with Crippen LogP contribution in [0.4, 0.5) is 26.3 Å². The molecule has 0 aliphatic heterocycles. The summed E-state index contributed by atoms with van der Waals surface area (Å²) in [5, 5.41) is 9.69. The summed E-state index contributed by atoms with van der Waals surface area (Å²) in [6.45, 7) is 4.29. The van der Waals surface area contributed by atoms with E-state index in [2.05, 4.69) is 11.3 Å². The number of alkyl halides is 6. The molecule has 0 radical (unpaired) electrons. The Labute approximate surface area is 166 Å². The Kier molecular flexibility index (Phi) is 7.34. The Morgan fingerprint density at radius 3 is 2.03 bits per heavy atom. The third-order valence-electron chi connectivity index (χ3n) is 6.23. The molecule has 168 valence electrons. The van der Waals surface area contributed by atoms with Crippen LogP contribution in [0, 0.1) is 17.8 Å². The van der Waals surface area contributed by atoms with Gasteiger partial charge in [-0.05, 0) is 56.8 Å². The molecular weight excluding hydrogens is 402 g/mol. The lowest BCUT2D eigenvalue weighted by Gasteiger charge is -2.40. The van der Waals surface area contributed by atoms with Gasteiger partial charge in [0.15, 0.2) is 0 Å². The fraction of sp³-hybridized carbons (Fsp3) is 0.850. The molecule has 0 spiro atoms. The SMILES string of the molecule is C=C(C)C(=O)OC(CCCC1CC2CCCC(C2)C1)C(O)(C(F)(F)F)C(F)(F)F. The smallest absolute Gasteiger partial charge is 0.430 e. The number of carbonyl (C=O) groups excluding carboxylic acids is 1. The lowest BCUT2D eigenvalue weighted by molar-refractivity contribution is -0.391. The lowest BCUT2D eigenvalue weighted by atomic mass is 9.67. The zero-order valence-electron chi connectivity index (χ0n) is 16.4. The largest absolute Gasteiger partial charge is 0.455 e. The van der Waals surface area contributed by atoms with Gasteiger partial charge in [-0.1, -0.05) is 32.3 Å². The molecule has 0 aromatic carbocycles. The molecular formula is C20H28F6O3. The Hall–Kier alpha value is -1.25. The standard InChI is InChI=1S/C20H28F6O3/c1-12(2)17(27)29-16(18(28,19(21,22)23)20(24,25)26)8-4-7-15-10-13-5-3-6-14(9-13)11-15/h13-16,28H,1,3-11H2,2H3. The van der Waals surface area contributed by atoms with E-state index in [0.29, 0.717) is 18.3 Å². The summed E-state index contributed by atoms with van der Waals surface area (Å²) in [7, 11) is 0. The van der Waals surface area contributed by atoms with E-state index in [4.69, 9.17) is 0 Å². The third kappa shape index (κ3) is 5.47. The average Bonchev–Trinajstić information content (AvgIpc) is 2.57. The predicted molar refractivity (Wildman–Crippen MR) is 93.8 cm³/mol. The first kappa shape index (κ1) is 24.0. The van der Waals surface area contributed by atoms with Crippen LogP contribution in [0.2, 0.25) is 0 Å². The highest BCUT2D eigenvalue weighted by Crippen LogP contribution is 2.48. The van der Waals surface area contributed by atoms with Gasteiger partial charge >= 0.3 is 18.3 Å². The minimum atomic E-state index is -6.05. The highest BCUT2D eigenvalue weighted by molar-refractivity contribution is 5.87. The summed E-state index contributed by atoms with van der Waals surface area (Å²) in [6.07, 6.45) is -8.77. The molecule has 29 heavy (non-hydrogen) atoms. The molecule has 0 amide bonds. The van der Waals surface area contributed by atoms with Crippen molar-refractivity contribution in [3.63, 3.8) is 0 Å². The summed E-state index contributed by atoms with van der Waals surface area (Å²) in [5.41, 5.74) is -5.48. The van der Waals surface area contributed by atoms with Crippen molar-refractivity contribution in [2.24, 2.45) is 17.8 Å². The molecule has 2 fully saturated rings. The number of fused-ring (bicyclic) bond motifs is 2. The molecule has 2 aliphatic rings. The van der Waals surface area contributed by atoms with Gasteiger partial charge in [-0.2, -0.15) is 26.3 Å². The van der Waals surface area contributed by atoms with Crippen LogP contribution in [0.1, 0.15) is 64.7 Å². The van der Waals surface area contributed by atoms with Gasteiger partial charge in [0.05, 0.1) is 0 Å². The number of hydrogen-bond donors (Lipinski definition) is 1. The molecule has 0 aromatic rings. The predicted octanol–water partition coefficient (Wildman–Crippen LogP) is 5.72. The van der Waals surface area contributed by atoms with E-state index >= 15 is 0 Å². The van der Waals surface area contributed by atoms with Crippen LogP contribution in [-0.4, -0.2) is 35.1 Å². The minimum Gasteiger partial charge on any atom is -0.455 e. The number of aliphatic hydroxyl groups is 1. The number of carbonyl (C=O) groups is 1. The maximum absolute atomic E-state index is 13.3. The second-order valence-electron chi connectivity index (χ2n) is 8.60. The fourth-order valence-corrected chi connectivity index (χ4v) is 4.81. The maximum atomic E-state index is 13.3. The second-order valence-corrected chi connectivity index (χ2v) is 8.60. The van der Waals surface area contributed by atoms with Crippen molar-refractivity contribution in [1.82, 2.24) is 0 Å². The Morgan fingerprint density at radius 1 is 1.07 bits per heavy atom. The minimum absolute atomic E-state index is 0.00723. The summed E-state index contributed by atoms with van der Waals surface area (Å²) in [5.74, 6) is -0.00539. The van der Waals surface area contributed by atoms with E-state index in [0.717, 1.165) is 39.0 Å². The van der Waals surface area contributed by atoms with Crippen LogP contribution >= 0.6 is 0 Å². The van der Waals surface area contributed by atoms with Crippen LogP contribution in [-0.2, 0) is 9.53 Å². The second kappa shape index (κ2) is 8.86. The van der Waals surface area contributed by atoms with Crippen LogP contribution in [0.5, 0.6) is 0 Å². The summed E-state index contributed by atoms with van der Waals surface area (Å²) < 4.78 is 84.0. The number of rotatable bonds is 7. The van der Waals surface area contributed by atoms with E-state index in [1.54, 1.807) is 0 Å². The van der Waals surface area contributed by atoms with Crippen LogP contribution in [0.3, 0.4) is 0 Å². The van der Waals surface area contributed by atoms with Crippen LogP contribution in [0.25, 0.3) is 0 Å². The lowest BCUT2D eigenvalue weighted by Crippen LogP contribution is -2.65. The van der Waals surface area contributed by atoms with Crippen molar-refractivity contribution in [3.05, 3.63) is 12.2 Å². The van der Waals surface area contributed by atoms with Crippen molar-refractivity contribution in [2.75, 3.05) is 0 Å². The molecule has 0 aromatic heterocycles. The number of ether oxygens (including phenoxy) is 1. The summed E-state index contributed by atoms with van der Waals surface area (Å²) in [4.78, 5) is 11.7. The van der Waals surface area contributed by atoms with Gasteiger partial charge in [-0.25, -0.2) is 4.79 Å². The van der Waals surface area contributed by atoms with Gasteiger partial charge in [0.1, 0.15) is 6.10 Å². The molecule has 1 N–H and O–H groups in total. The third-order valence-corrected chi connectivity index (χ3v) is 6.23. The number of esters is 1.